The van der Waals surface area contributed by atoms with Crippen LogP contribution in [-0.2, 0) is 19.4 Å². The second-order valence-corrected chi connectivity index (χ2v) is 7.87. The van der Waals surface area contributed by atoms with Crippen molar-refractivity contribution in [2.75, 3.05) is 0 Å². The molecular formula is C26H23N3O2. The molecule has 5 nitrogen and oxygen atoms in total. The molecule has 3 N–H and O–H groups in total. The summed E-state index contributed by atoms with van der Waals surface area (Å²) in [4.78, 5) is 15.4. The van der Waals surface area contributed by atoms with Crippen LogP contribution in [0, 0.1) is 0 Å². The Hall–Kier alpha value is -3.70. The maximum Gasteiger partial charge on any atom is 0.250 e. The molecule has 1 aliphatic rings. The zero-order valence-electron chi connectivity index (χ0n) is 17.0. The van der Waals surface area contributed by atoms with Crippen molar-refractivity contribution in [1.82, 2.24) is 10.3 Å². The van der Waals surface area contributed by atoms with Crippen molar-refractivity contribution in [3.05, 3.63) is 101 Å². The van der Waals surface area contributed by atoms with E-state index in [9.17, 15) is 4.79 Å². The van der Waals surface area contributed by atoms with Crippen molar-refractivity contribution in [2.24, 2.45) is 5.73 Å². The summed E-state index contributed by atoms with van der Waals surface area (Å²) in [6.45, 7) is 0.797. The molecular weight excluding hydrogens is 386 g/mol. The molecule has 0 fully saturated rings. The molecule has 0 spiro atoms. The van der Waals surface area contributed by atoms with Crippen LogP contribution in [0.25, 0.3) is 10.8 Å². The van der Waals surface area contributed by atoms with Gasteiger partial charge in [0.05, 0.1) is 5.56 Å². The van der Waals surface area contributed by atoms with Crippen LogP contribution in [0.1, 0.15) is 27.0 Å². The number of nitrogens with one attached hydrogen (secondary N) is 1. The van der Waals surface area contributed by atoms with Crippen LogP contribution in [0.5, 0.6) is 11.6 Å². The monoisotopic (exact) mass is 409 g/mol. The first-order valence-electron chi connectivity index (χ1n) is 10.4. The zero-order chi connectivity index (χ0) is 21.2. The van der Waals surface area contributed by atoms with Crippen LogP contribution in [0.3, 0.4) is 0 Å². The van der Waals surface area contributed by atoms with Gasteiger partial charge in [0.15, 0.2) is 0 Å². The number of rotatable bonds is 6. The lowest BCUT2D eigenvalue weighted by atomic mass is 10.0. The summed E-state index contributed by atoms with van der Waals surface area (Å²) < 4.78 is 6.02. The second kappa shape index (κ2) is 8.20. The van der Waals surface area contributed by atoms with E-state index in [4.69, 9.17) is 10.5 Å². The second-order valence-electron chi connectivity index (χ2n) is 7.87. The lowest BCUT2D eigenvalue weighted by Crippen LogP contribution is -2.29. The first-order valence-corrected chi connectivity index (χ1v) is 10.4. The number of carbonyl (C=O) groups excluding carboxylic acids is 1. The summed E-state index contributed by atoms with van der Waals surface area (Å²) >= 11 is 0. The Morgan fingerprint density at radius 2 is 1.65 bits per heavy atom. The Bertz CT molecular complexity index is 1230. The van der Waals surface area contributed by atoms with E-state index in [2.05, 4.69) is 52.8 Å². The predicted octanol–water partition coefficient (Wildman–Crippen LogP) is 4.38. The fraction of sp³-hybridized carbons (Fsp3) is 0.154. The Labute approximate surface area is 180 Å². The maximum atomic E-state index is 11.2. The van der Waals surface area contributed by atoms with Gasteiger partial charge in [0.1, 0.15) is 5.75 Å². The molecule has 0 unspecified atom stereocenters. The van der Waals surface area contributed by atoms with E-state index in [0.717, 1.165) is 35.9 Å². The topological polar surface area (TPSA) is 77.2 Å². The number of nitrogens with zero attached hydrogens (tertiary/aromatic N) is 1. The fourth-order valence-electron chi connectivity index (χ4n) is 4.23. The molecule has 31 heavy (non-hydrogen) atoms. The van der Waals surface area contributed by atoms with Gasteiger partial charge < -0.3 is 15.8 Å². The van der Waals surface area contributed by atoms with Gasteiger partial charge in [0, 0.05) is 30.2 Å². The molecule has 1 amide bonds. The van der Waals surface area contributed by atoms with E-state index in [0.29, 0.717) is 17.5 Å². The Morgan fingerprint density at radius 3 is 2.32 bits per heavy atom. The van der Waals surface area contributed by atoms with Crippen LogP contribution in [0.15, 0.2) is 79.0 Å². The Morgan fingerprint density at radius 1 is 0.935 bits per heavy atom. The minimum Gasteiger partial charge on any atom is -0.438 e. The molecule has 5 heteroatoms. The number of pyridine rings is 1. The summed E-state index contributed by atoms with van der Waals surface area (Å²) in [6, 6.07) is 24.7. The van der Waals surface area contributed by atoms with Crippen LogP contribution >= 0.6 is 0 Å². The van der Waals surface area contributed by atoms with E-state index in [1.54, 1.807) is 12.1 Å². The molecule has 154 valence electrons. The highest BCUT2D eigenvalue weighted by molar-refractivity contribution is 5.92. The standard InChI is InChI=1S/C26H23N3O2/c27-26(30)20-10-12-25(29-16-20)31-24-11-9-19(22-7-3-4-8-23(22)24)15-28-21-13-17-5-1-2-6-18(17)14-21/h1-12,16,21,28H,13-15H2,(H2,27,30). The number of fused-ring (bicyclic) bond motifs is 2. The van der Waals surface area contributed by atoms with Crippen molar-refractivity contribution in [2.45, 2.75) is 25.4 Å². The molecule has 1 heterocycles. The molecule has 1 aliphatic carbocycles. The van der Waals surface area contributed by atoms with E-state index >= 15 is 0 Å². The summed E-state index contributed by atoms with van der Waals surface area (Å²) in [5.74, 6) is 0.642. The molecule has 1 aromatic heterocycles. The number of nitrogens with two attached hydrogens (primary N) is 1. The molecule has 4 aromatic rings. The summed E-state index contributed by atoms with van der Waals surface area (Å²) in [6.07, 6.45) is 3.57. The molecule has 0 atom stereocenters. The van der Waals surface area contributed by atoms with Gasteiger partial charge in [0.2, 0.25) is 11.8 Å². The molecule has 0 bridgehead atoms. The van der Waals surface area contributed by atoms with Crippen molar-refractivity contribution in [1.29, 1.82) is 0 Å². The molecule has 3 aromatic carbocycles. The normalized spacial score (nSPS) is 13.3. The number of amides is 1. The summed E-state index contributed by atoms with van der Waals surface area (Å²) in [5, 5.41) is 5.90. The summed E-state index contributed by atoms with van der Waals surface area (Å²) in [5.41, 5.74) is 9.76. The average Bonchev–Trinajstić information content (AvgIpc) is 3.22. The number of carbonyl (C=O) groups is 1. The largest absolute Gasteiger partial charge is 0.438 e. The lowest BCUT2D eigenvalue weighted by molar-refractivity contribution is 0.1000. The average molecular weight is 409 g/mol. The van der Waals surface area contributed by atoms with Crippen LogP contribution in [0.4, 0.5) is 0 Å². The highest BCUT2D eigenvalue weighted by Crippen LogP contribution is 2.32. The van der Waals surface area contributed by atoms with E-state index in [1.807, 2.05) is 18.2 Å². The maximum absolute atomic E-state index is 11.2. The number of primary amides is 1. The van der Waals surface area contributed by atoms with Gasteiger partial charge in [0.25, 0.3) is 0 Å². The van der Waals surface area contributed by atoms with E-state index < -0.39 is 5.91 Å². The highest BCUT2D eigenvalue weighted by Gasteiger charge is 2.20. The minimum atomic E-state index is -0.508. The number of hydrogen-bond acceptors (Lipinski definition) is 4. The molecule has 0 radical (unpaired) electrons. The van der Waals surface area contributed by atoms with E-state index in [-0.39, 0.29) is 0 Å². The quantitative estimate of drug-likeness (QED) is 0.495. The van der Waals surface area contributed by atoms with Gasteiger partial charge in [-0.15, -0.1) is 0 Å². The molecule has 5 rings (SSSR count). The molecule has 0 saturated heterocycles. The van der Waals surface area contributed by atoms with Crippen molar-refractivity contribution in [3.63, 3.8) is 0 Å². The van der Waals surface area contributed by atoms with Gasteiger partial charge in [-0.25, -0.2) is 4.98 Å². The molecule has 0 saturated carbocycles. The van der Waals surface area contributed by atoms with Gasteiger partial charge in [-0.05, 0) is 47.1 Å². The van der Waals surface area contributed by atoms with Crippen molar-refractivity contribution in [3.8, 4) is 11.6 Å². The summed E-state index contributed by atoms with van der Waals surface area (Å²) in [7, 11) is 0. The van der Waals surface area contributed by atoms with Gasteiger partial charge in [-0.2, -0.15) is 0 Å². The Balaban J connectivity index is 1.34. The smallest absolute Gasteiger partial charge is 0.250 e. The van der Waals surface area contributed by atoms with Gasteiger partial charge in [-0.3, -0.25) is 4.79 Å². The van der Waals surface area contributed by atoms with Crippen molar-refractivity contribution < 1.29 is 9.53 Å². The minimum absolute atomic E-state index is 0.354. The number of benzene rings is 3. The van der Waals surface area contributed by atoms with Gasteiger partial charge in [-0.1, -0.05) is 54.6 Å². The first-order chi connectivity index (χ1) is 15.2. The molecule has 0 aliphatic heterocycles. The SMILES string of the molecule is NC(=O)c1ccc(Oc2ccc(CNC3Cc4ccccc4C3)c3ccccc23)nc1. The van der Waals surface area contributed by atoms with Gasteiger partial charge >= 0.3 is 0 Å². The predicted molar refractivity (Wildman–Crippen MR) is 121 cm³/mol. The first kappa shape index (κ1) is 19.3. The van der Waals surface area contributed by atoms with Crippen LogP contribution in [0.2, 0.25) is 0 Å². The third-order valence-electron chi connectivity index (χ3n) is 5.84. The fourth-order valence-corrected chi connectivity index (χ4v) is 4.23. The zero-order valence-corrected chi connectivity index (χ0v) is 17.0. The third-order valence-corrected chi connectivity index (χ3v) is 5.84. The number of hydrogen-bond donors (Lipinski definition) is 2. The number of aromatic nitrogens is 1. The highest BCUT2D eigenvalue weighted by atomic mass is 16.5. The van der Waals surface area contributed by atoms with E-state index in [1.165, 1.54) is 22.9 Å². The third kappa shape index (κ3) is 4.00. The van der Waals surface area contributed by atoms with Crippen molar-refractivity contribution >= 4 is 16.7 Å². The van der Waals surface area contributed by atoms with Crippen LogP contribution in [-0.4, -0.2) is 16.9 Å². The Kier molecular flexibility index (Phi) is 5.10. The lowest BCUT2D eigenvalue weighted by Gasteiger charge is -2.15. The van der Waals surface area contributed by atoms with Crippen LogP contribution < -0.4 is 15.8 Å². The number of ether oxygens (including phenoxy) is 1.